The van der Waals surface area contributed by atoms with Crippen LogP contribution in [0.1, 0.15) is 23.2 Å². The molecule has 4 aliphatic rings. The van der Waals surface area contributed by atoms with Crippen molar-refractivity contribution in [2.24, 2.45) is 23.7 Å². The molecule has 1 aliphatic heterocycles. The molecule has 1 N–H and O–H groups in total. The quantitative estimate of drug-likeness (QED) is 0.670. The van der Waals surface area contributed by atoms with E-state index in [1.807, 2.05) is 0 Å². The highest BCUT2D eigenvalue weighted by atomic mass is 16.4. The molecule has 1 aromatic rings. The molecule has 1 aromatic carbocycles. The van der Waals surface area contributed by atoms with Gasteiger partial charge in [0.05, 0.1) is 23.1 Å². The largest absolute Gasteiger partial charge is 0.478 e. The number of benzene rings is 1. The first-order valence-electron chi connectivity index (χ1n) is 7.47. The van der Waals surface area contributed by atoms with E-state index in [0.717, 1.165) is 12.8 Å². The van der Waals surface area contributed by atoms with Crippen LogP contribution in [0, 0.1) is 23.7 Å². The van der Waals surface area contributed by atoms with Crippen molar-refractivity contribution < 1.29 is 19.5 Å². The van der Waals surface area contributed by atoms with Gasteiger partial charge in [-0.05, 0) is 42.9 Å². The zero-order valence-corrected chi connectivity index (χ0v) is 11.8. The minimum absolute atomic E-state index is 0.0778. The number of hydrogen-bond acceptors (Lipinski definition) is 3. The lowest BCUT2D eigenvalue weighted by atomic mass is 9.63. The molecule has 112 valence electrons. The number of fused-ring (bicyclic) bond motifs is 1. The Morgan fingerprint density at radius 1 is 1.05 bits per heavy atom. The van der Waals surface area contributed by atoms with Gasteiger partial charge in [0.15, 0.2) is 0 Å². The van der Waals surface area contributed by atoms with Crippen molar-refractivity contribution in [1.29, 1.82) is 0 Å². The molecular formula is C17H15NO4. The van der Waals surface area contributed by atoms with Crippen molar-refractivity contribution in [2.75, 3.05) is 4.90 Å². The van der Waals surface area contributed by atoms with Crippen LogP contribution in [0.2, 0.25) is 0 Å². The Balaban J connectivity index is 1.75. The number of aromatic carboxylic acids is 1. The molecule has 5 nitrogen and oxygen atoms in total. The van der Waals surface area contributed by atoms with E-state index >= 15 is 0 Å². The molecule has 2 bridgehead atoms. The number of imide groups is 1. The third-order valence-corrected chi connectivity index (χ3v) is 5.11. The van der Waals surface area contributed by atoms with Crippen LogP contribution in [0.15, 0.2) is 36.4 Å². The standard InChI is InChI=1S/C17H15NO4/c19-15-13-9-4-5-10(7-6-9)14(13)16(20)18(15)12-3-1-2-11(8-12)17(21)22/h1-5,8-10,13-14H,6-7H2,(H,21,22)/t9-,10-,13-,14+/m0/s1. The number of rotatable bonds is 2. The van der Waals surface area contributed by atoms with Gasteiger partial charge >= 0.3 is 5.97 Å². The molecule has 22 heavy (non-hydrogen) atoms. The van der Waals surface area contributed by atoms with Crippen molar-refractivity contribution in [3.63, 3.8) is 0 Å². The smallest absolute Gasteiger partial charge is 0.335 e. The maximum Gasteiger partial charge on any atom is 0.335 e. The Labute approximate surface area is 127 Å². The third-order valence-electron chi connectivity index (χ3n) is 5.11. The molecule has 1 saturated heterocycles. The van der Waals surface area contributed by atoms with Crippen molar-refractivity contribution in [3.8, 4) is 0 Å². The first-order valence-corrected chi connectivity index (χ1v) is 7.47. The van der Waals surface area contributed by atoms with Crippen LogP contribution >= 0.6 is 0 Å². The summed E-state index contributed by atoms with van der Waals surface area (Å²) in [5.74, 6) is -1.71. The number of carbonyl (C=O) groups excluding carboxylic acids is 2. The van der Waals surface area contributed by atoms with Crippen LogP contribution in [0.5, 0.6) is 0 Å². The normalized spacial score (nSPS) is 32.5. The summed E-state index contributed by atoms with van der Waals surface area (Å²) in [5.41, 5.74) is 0.442. The average molecular weight is 297 g/mol. The first kappa shape index (κ1) is 13.2. The van der Waals surface area contributed by atoms with E-state index in [2.05, 4.69) is 12.2 Å². The SMILES string of the molecule is O=C(O)c1cccc(N2C(=O)[C@@H]3[C@H](C2=O)[C@H]2C=C[C@H]3CC2)c1. The lowest BCUT2D eigenvalue weighted by molar-refractivity contribution is -0.124. The van der Waals surface area contributed by atoms with E-state index in [-0.39, 0.29) is 41.0 Å². The van der Waals surface area contributed by atoms with E-state index in [1.54, 1.807) is 12.1 Å². The fourth-order valence-electron chi connectivity index (χ4n) is 4.11. The molecule has 2 amide bonds. The molecule has 5 rings (SSSR count). The summed E-state index contributed by atoms with van der Waals surface area (Å²) < 4.78 is 0. The van der Waals surface area contributed by atoms with Crippen LogP contribution in [-0.4, -0.2) is 22.9 Å². The Hall–Kier alpha value is -2.43. The van der Waals surface area contributed by atoms with Gasteiger partial charge in [-0.1, -0.05) is 18.2 Å². The number of hydrogen-bond donors (Lipinski definition) is 1. The van der Waals surface area contributed by atoms with Gasteiger partial charge in [0.2, 0.25) is 11.8 Å². The summed E-state index contributed by atoms with van der Waals surface area (Å²) in [7, 11) is 0. The number of carboxylic acid groups (broad SMARTS) is 1. The maximum absolute atomic E-state index is 12.7. The number of anilines is 1. The van der Waals surface area contributed by atoms with Crippen molar-refractivity contribution in [2.45, 2.75) is 12.8 Å². The molecule has 1 saturated carbocycles. The molecular weight excluding hydrogens is 282 g/mol. The van der Waals surface area contributed by atoms with E-state index in [0.29, 0.717) is 5.69 Å². The lowest BCUT2D eigenvalue weighted by Crippen LogP contribution is -2.38. The van der Waals surface area contributed by atoms with Gasteiger partial charge < -0.3 is 5.11 Å². The van der Waals surface area contributed by atoms with Crippen LogP contribution in [0.4, 0.5) is 5.69 Å². The molecule has 3 aliphatic carbocycles. The fourth-order valence-corrected chi connectivity index (χ4v) is 4.11. The monoisotopic (exact) mass is 297 g/mol. The van der Waals surface area contributed by atoms with E-state index < -0.39 is 5.97 Å². The summed E-state index contributed by atoms with van der Waals surface area (Å²) in [6, 6.07) is 6.03. The van der Waals surface area contributed by atoms with Crippen LogP contribution < -0.4 is 4.90 Å². The third kappa shape index (κ3) is 1.68. The number of carbonyl (C=O) groups is 3. The Kier molecular flexibility index (Phi) is 2.73. The summed E-state index contributed by atoms with van der Waals surface area (Å²) in [6.45, 7) is 0. The van der Waals surface area contributed by atoms with Gasteiger partial charge in [0.25, 0.3) is 0 Å². The molecule has 0 spiro atoms. The zero-order valence-electron chi connectivity index (χ0n) is 11.8. The summed E-state index contributed by atoms with van der Waals surface area (Å²) in [6.07, 6.45) is 6.03. The minimum atomic E-state index is -1.07. The number of nitrogens with zero attached hydrogens (tertiary/aromatic N) is 1. The zero-order chi connectivity index (χ0) is 15.4. The number of allylic oxidation sites excluding steroid dienone is 2. The van der Waals surface area contributed by atoms with E-state index in [4.69, 9.17) is 5.11 Å². The van der Waals surface area contributed by atoms with Crippen LogP contribution in [-0.2, 0) is 9.59 Å². The first-order chi connectivity index (χ1) is 10.6. The van der Waals surface area contributed by atoms with Crippen molar-refractivity contribution >= 4 is 23.5 Å². The van der Waals surface area contributed by atoms with Crippen LogP contribution in [0.25, 0.3) is 0 Å². The van der Waals surface area contributed by atoms with Gasteiger partial charge in [0.1, 0.15) is 0 Å². The van der Waals surface area contributed by atoms with Gasteiger partial charge in [0, 0.05) is 0 Å². The van der Waals surface area contributed by atoms with Gasteiger partial charge in [-0.25, -0.2) is 9.69 Å². The van der Waals surface area contributed by atoms with Gasteiger partial charge in [-0.15, -0.1) is 0 Å². The minimum Gasteiger partial charge on any atom is -0.478 e. The average Bonchev–Trinajstić information content (AvgIpc) is 2.82. The lowest BCUT2D eigenvalue weighted by Gasteiger charge is -2.38. The summed E-state index contributed by atoms with van der Waals surface area (Å²) in [4.78, 5) is 37.8. The summed E-state index contributed by atoms with van der Waals surface area (Å²) >= 11 is 0. The Bertz CT molecular complexity index is 691. The predicted molar refractivity (Wildman–Crippen MR) is 78.2 cm³/mol. The molecule has 0 unspecified atom stereocenters. The molecule has 1 heterocycles. The van der Waals surface area contributed by atoms with Crippen molar-refractivity contribution in [1.82, 2.24) is 0 Å². The highest BCUT2D eigenvalue weighted by Gasteiger charge is 2.56. The van der Waals surface area contributed by atoms with E-state index in [1.165, 1.54) is 17.0 Å². The molecule has 0 radical (unpaired) electrons. The van der Waals surface area contributed by atoms with Crippen molar-refractivity contribution in [3.05, 3.63) is 42.0 Å². The Morgan fingerprint density at radius 3 is 2.14 bits per heavy atom. The number of carboxylic acids is 1. The van der Waals surface area contributed by atoms with Gasteiger partial charge in [-0.2, -0.15) is 0 Å². The topological polar surface area (TPSA) is 74.7 Å². The molecule has 0 aromatic heterocycles. The fraction of sp³-hybridized carbons (Fsp3) is 0.353. The highest BCUT2D eigenvalue weighted by molar-refractivity contribution is 6.22. The second-order valence-corrected chi connectivity index (χ2v) is 6.21. The van der Waals surface area contributed by atoms with Crippen LogP contribution in [0.3, 0.4) is 0 Å². The second-order valence-electron chi connectivity index (χ2n) is 6.21. The highest BCUT2D eigenvalue weighted by Crippen LogP contribution is 2.50. The predicted octanol–water partition coefficient (Wildman–Crippen LogP) is 2.09. The Morgan fingerprint density at radius 2 is 1.64 bits per heavy atom. The molecule has 5 heteroatoms. The van der Waals surface area contributed by atoms with Gasteiger partial charge in [-0.3, -0.25) is 9.59 Å². The molecule has 4 atom stereocenters. The van der Waals surface area contributed by atoms with E-state index in [9.17, 15) is 14.4 Å². The summed E-state index contributed by atoms with van der Waals surface area (Å²) in [5, 5.41) is 9.09. The second kappa shape index (κ2) is 4.53. The molecule has 2 fully saturated rings. The number of amides is 2. The maximum atomic E-state index is 12.7.